The molecule has 1 heterocycles. The van der Waals surface area contributed by atoms with Gasteiger partial charge in [0.15, 0.2) is 0 Å². The zero-order valence-corrected chi connectivity index (χ0v) is 8.42. The van der Waals surface area contributed by atoms with E-state index in [0.717, 1.165) is 11.5 Å². The van der Waals surface area contributed by atoms with Crippen LogP contribution in [-0.2, 0) is 11.3 Å². The highest BCUT2D eigenvalue weighted by atomic mass is 35.5. The number of aromatic nitrogens is 2. The maximum absolute atomic E-state index is 11.7. The summed E-state index contributed by atoms with van der Waals surface area (Å²) in [5, 5.41) is 3.58. The van der Waals surface area contributed by atoms with Gasteiger partial charge < -0.3 is 4.74 Å². The Kier molecular flexibility index (Phi) is 4.09. The molecule has 0 N–H and O–H groups in total. The van der Waals surface area contributed by atoms with E-state index in [9.17, 15) is 13.2 Å². The van der Waals surface area contributed by atoms with Crippen molar-refractivity contribution in [3.8, 4) is 0 Å². The fourth-order valence-corrected chi connectivity index (χ4v) is 1.24. The van der Waals surface area contributed by atoms with Crippen molar-refractivity contribution in [1.82, 2.24) is 9.59 Å². The molecule has 1 aromatic heterocycles. The number of halogens is 4. The second-order valence-corrected chi connectivity index (χ2v) is 3.77. The van der Waals surface area contributed by atoms with Crippen LogP contribution < -0.4 is 0 Å². The summed E-state index contributed by atoms with van der Waals surface area (Å²) in [7, 11) is 0. The Labute approximate surface area is 87.0 Å². The van der Waals surface area contributed by atoms with Gasteiger partial charge in [-0.25, -0.2) is 0 Å². The van der Waals surface area contributed by atoms with Crippen LogP contribution in [0.25, 0.3) is 0 Å². The third kappa shape index (κ3) is 4.21. The Morgan fingerprint density at radius 3 is 2.64 bits per heavy atom. The van der Waals surface area contributed by atoms with Crippen molar-refractivity contribution in [1.29, 1.82) is 0 Å². The zero-order valence-electron chi connectivity index (χ0n) is 6.84. The van der Waals surface area contributed by atoms with Crippen molar-refractivity contribution in [2.45, 2.75) is 19.2 Å². The van der Waals surface area contributed by atoms with Gasteiger partial charge in [0.25, 0.3) is 0 Å². The van der Waals surface area contributed by atoms with Crippen LogP contribution in [-0.4, -0.2) is 22.4 Å². The molecule has 0 fully saturated rings. The number of nitrogens with zero attached hydrogens (tertiary/aromatic N) is 2. The maximum Gasteiger partial charge on any atom is 0.391 e. The minimum absolute atomic E-state index is 0.0363. The van der Waals surface area contributed by atoms with E-state index in [1.807, 2.05) is 0 Å². The minimum Gasteiger partial charge on any atom is -0.375 e. The molecule has 14 heavy (non-hydrogen) atoms. The first-order valence-corrected chi connectivity index (χ1v) is 4.75. The van der Waals surface area contributed by atoms with Gasteiger partial charge in [-0.05, 0) is 0 Å². The van der Waals surface area contributed by atoms with E-state index >= 15 is 0 Å². The van der Waals surface area contributed by atoms with Crippen molar-refractivity contribution >= 4 is 23.1 Å². The topological polar surface area (TPSA) is 35.0 Å². The predicted octanol–water partition coefficient (Wildman–Crippen LogP) is 2.66. The Bertz CT molecular complexity index is 291. The summed E-state index contributed by atoms with van der Waals surface area (Å²) < 4.78 is 43.6. The molecule has 1 aromatic rings. The molecule has 0 atom stereocenters. The molecular formula is C6H6ClF3N2OS. The third-order valence-corrected chi connectivity index (χ3v) is 2.26. The molecule has 0 unspecified atom stereocenters. The molecule has 0 aromatic carbocycles. The van der Waals surface area contributed by atoms with E-state index in [2.05, 4.69) is 9.59 Å². The number of hydrogen-bond acceptors (Lipinski definition) is 4. The van der Waals surface area contributed by atoms with Gasteiger partial charge in [0.2, 0.25) is 0 Å². The summed E-state index contributed by atoms with van der Waals surface area (Å²) in [6, 6.07) is 0. The Morgan fingerprint density at radius 1 is 1.43 bits per heavy atom. The van der Waals surface area contributed by atoms with Crippen LogP contribution >= 0.6 is 23.1 Å². The van der Waals surface area contributed by atoms with Gasteiger partial charge in [-0.15, -0.1) is 5.10 Å². The van der Waals surface area contributed by atoms with Gasteiger partial charge in [0.05, 0.1) is 19.6 Å². The van der Waals surface area contributed by atoms with Crippen molar-refractivity contribution in [3.63, 3.8) is 0 Å². The molecule has 0 spiro atoms. The van der Waals surface area contributed by atoms with Crippen LogP contribution in [0.4, 0.5) is 13.2 Å². The molecule has 0 aliphatic heterocycles. The highest BCUT2D eigenvalue weighted by Crippen LogP contribution is 2.21. The van der Waals surface area contributed by atoms with E-state index in [-0.39, 0.29) is 6.61 Å². The first-order valence-electron chi connectivity index (χ1n) is 3.60. The lowest BCUT2D eigenvalue weighted by Gasteiger charge is -2.05. The Morgan fingerprint density at radius 2 is 2.14 bits per heavy atom. The summed E-state index contributed by atoms with van der Waals surface area (Å²) in [5.74, 6) is 0. The molecule has 0 saturated carbocycles. The first-order chi connectivity index (χ1) is 6.49. The molecule has 1 rings (SSSR count). The molecule has 0 radical (unpaired) electrons. The normalized spacial score (nSPS) is 12.0. The molecule has 0 amide bonds. The third-order valence-electron chi connectivity index (χ3n) is 1.28. The van der Waals surface area contributed by atoms with Gasteiger partial charge in [0.1, 0.15) is 10.0 Å². The standard InChI is InChI=1S/C6H6ClF3N2OS/c7-5-4(11-12-14-5)3-13-2-1-6(8,9)10/h1-3H2. The molecule has 8 heteroatoms. The molecule has 0 aliphatic carbocycles. The minimum atomic E-state index is -4.19. The number of rotatable bonds is 4. The van der Waals surface area contributed by atoms with E-state index < -0.39 is 19.2 Å². The van der Waals surface area contributed by atoms with Gasteiger partial charge >= 0.3 is 6.18 Å². The fraction of sp³-hybridized carbons (Fsp3) is 0.667. The lowest BCUT2D eigenvalue weighted by Crippen LogP contribution is -2.11. The zero-order chi connectivity index (χ0) is 10.6. The van der Waals surface area contributed by atoms with Crippen LogP contribution in [0.5, 0.6) is 0 Å². The van der Waals surface area contributed by atoms with Gasteiger partial charge in [0, 0.05) is 11.5 Å². The largest absolute Gasteiger partial charge is 0.391 e. The quantitative estimate of drug-likeness (QED) is 0.766. The molecule has 0 aliphatic rings. The Hall–Kier alpha value is -0.400. The van der Waals surface area contributed by atoms with E-state index in [1.165, 1.54) is 0 Å². The summed E-state index contributed by atoms with van der Waals surface area (Å²) in [6.07, 6.45) is -5.16. The van der Waals surface area contributed by atoms with Gasteiger partial charge in [-0.2, -0.15) is 13.2 Å². The van der Waals surface area contributed by atoms with Crippen LogP contribution in [0.1, 0.15) is 12.1 Å². The second kappa shape index (κ2) is 4.90. The predicted molar refractivity (Wildman–Crippen MR) is 45.2 cm³/mol. The second-order valence-electron chi connectivity index (χ2n) is 2.41. The highest BCUT2D eigenvalue weighted by molar-refractivity contribution is 7.10. The van der Waals surface area contributed by atoms with Crippen LogP contribution in [0.3, 0.4) is 0 Å². The molecule has 80 valence electrons. The number of ether oxygens (including phenoxy) is 1. The number of hydrogen-bond donors (Lipinski definition) is 0. The van der Waals surface area contributed by atoms with Gasteiger partial charge in [-0.1, -0.05) is 16.1 Å². The first kappa shape index (κ1) is 11.7. The summed E-state index contributed by atoms with van der Waals surface area (Å²) in [6.45, 7) is -0.428. The Balaban J connectivity index is 2.20. The molecule has 0 saturated heterocycles. The van der Waals surface area contributed by atoms with Crippen LogP contribution in [0.2, 0.25) is 4.34 Å². The van der Waals surface area contributed by atoms with E-state index in [4.69, 9.17) is 16.3 Å². The van der Waals surface area contributed by atoms with Crippen molar-refractivity contribution < 1.29 is 17.9 Å². The summed E-state index contributed by atoms with van der Waals surface area (Å²) in [4.78, 5) is 0. The average Bonchev–Trinajstić information content (AvgIpc) is 2.44. The monoisotopic (exact) mass is 246 g/mol. The SMILES string of the molecule is FC(F)(F)CCOCc1nnsc1Cl. The summed E-state index contributed by atoms with van der Waals surface area (Å²) >= 11 is 6.57. The van der Waals surface area contributed by atoms with Crippen molar-refractivity contribution in [2.75, 3.05) is 6.61 Å². The fourth-order valence-electron chi connectivity index (χ4n) is 0.640. The van der Waals surface area contributed by atoms with Crippen LogP contribution in [0, 0.1) is 0 Å². The highest BCUT2D eigenvalue weighted by Gasteiger charge is 2.26. The van der Waals surface area contributed by atoms with Gasteiger partial charge in [-0.3, -0.25) is 0 Å². The molecular weight excluding hydrogens is 241 g/mol. The molecule has 0 bridgehead atoms. The van der Waals surface area contributed by atoms with Crippen LogP contribution in [0.15, 0.2) is 0 Å². The molecule has 3 nitrogen and oxygen atoms in total. The lowest BCUT2D eigenvalue weighted by atomic mass is 10.4. The average molecular weight is 247 g/mol. The lowest BCUT2D eigenvalue weighted by molar-refractivity contribution is -0.146. The summed E-state index contributed by atoms with van der Waals surface area (Å²) in [5.41, 5.74) is 0.374. The van der Waals surface area contributed by atoms with E-state index in [0.29, 0.717) is 10.0 Å². The van der Waals surface area contributed by atoms with Crippen molar-refractivity contribution in [2.24, 2.45) is 0 Å². The maximum atomic E-state index is 11.7. The smallest absolute Gasteiger partial charge is 0.375 e. The van der Waals surface area contributed by atoms with E-state index in [1.54, 1.807) is 0 Å². The van der Waals surface area contributed by atoms with Crippen molar-refractivity contribution in [3.05, 3.63) is 10.0 Å². The number of alkyl halides is 3.